The number of nitrogens with zero attached hydrogens (tertiary/aromatic N) is 7. The molecule has 0 aliphatic carbocycles. The Morgan fingerprint density at radius 2 is 1.65 bits per heavy atom. The fourth-order valence-corrected chi connectivity index (χ4v) is 4.36. The van der Waals surface area contributed by atoms with Crippen LogP contribution in [0.2, 0.25) is 0 Å². The van der Waals surface area contributed by atoms with Crippen molar-refractivity contribution in [1.29, 1.82) is 0 Å². The van der Waals surface area contributed by atoms with E-state index in [2.05, 4.69) is 25.0 Å². The normalized spacial score (nSPS) is 15.1. The highest BCUT2D eigenvalue weighted by Crippen LogP contribution is 2.22. The van der Waals surface area contributed by atoms with Gasteiger partial charge in [-0.25, -0.2) is 9.07 Å². The second-order valence-corrected chi connectivity index (χ2v) is 8.87. The molecule has 0 spiro atoms. The van der Waals surface area contributed by atoms with Gasteiger partial charge in [-0.15, -0.1) is 0 Å². The van der Waals surface area contributed by atoms with E-state index in [1.165, 1.54) is 6.07 Å². The standard InChI is InChI=1S/C24H26FN7OS/c1-17-7-3-4-8-18(17)22-26-21(33-28-22)15-30-11-13-31(14-12-30)16-32-24(34)29(2)23(27-32)19-9-5-6-10-20(19)25/h3-10H,11-16H2,1-2H3. The first-order chi connectivity index (χ1) is 16.5. The molecular formula is C24H26FN7OS. The van der Waals surface area contributed by atoms with E-state index in [0.717, 1.165) is 37.3 Å². The predicted octanol–water partition coefficient (Wildman–Crippen LogP) is 3.89. The van der Waals surface area contributed by atoms with Crippen molar-refractivity contribution in [3.63, 3.8) is 0 Å². The van der Waals surface area contributed by atoms with Crippen molar-refractivity contribution in [3.8, 4) is 22.8 Å². The number of aromatic nitrogens is 5. The van der Waals surface area contributed by atoms with E-state index in [1.54, 1.807) is 27.4 Å². The van der Waals surface area contributed by atoms with Crippen molar-refractivity contribution < 1.29 is 8.91 Å². The molecule has 34 heavy (non-hydrogen) atoms. The Balaban J connectivity index is 1.20. The fraction of sp³-hybridized carbons (Fsp3) is 0.333. The minimum Gasteiger partial charge on any atom is -0.338 e. The van der Waals surface area contributed by atoms with Crippen LogP contribution in [-0.4, -0.2) is 60.5 Å². The van der Waals surface area contributed by atoms with Gasteiger partial charge in [-0.05, 0) is 36.8 Å². The summed E-state index contributed by atoms with van der Waals surface area (Å²) in [5.41, 5.74) is 2.56. The van der Waals surface area contributed by atoms with E-state index in [4.69, 9.17) is 16.7 Å². The molecule has 0 bridgehead atoms. The molecule has 2 aromatic carbocycles. The lowest BCUT2D eigenvalue weighted by Gasteiger charge is -2.33. The van der Waals surface area contributed by atoms with Gasteiger partial charge in [0.25, 0.3) is 0 Å². The molecule has 2 aromatic heterocycles. The Bertz CT molecular complexity index is 1350. The van der Waals surface area contributed by atoms with Gasteiger partial charge in [-0.3, -0.25) is 9.80 Å². The summed E-state index contributed by atoms with van der Waals surface area (Å²) in [5, 5.41) is 8.77. The number of piperazine rings is 1. The summed E-state index contributed by atoms with van der Waals surface area (Å²) < 4.78 is 23.9. The van der Waals surface area contributed by atoms with Crippen LogP contribution in [0.3, 0.4) is 0 Å². The fourth-order valence-electron chi connectivity index (χ4n) is 4.18. The van der Waals surface area contributed by atoms with E-state index in [0.29, 0.717) is 41.1 Å². The first-order valence-corrected chi connectivity index (χ1v) is 11.6. The summed E-state index contributed by atoms with van der Waals surface area (Å²) in [6.07, 6.45) is 0. The van der Waals surface area contributed by atoms with Crippen LogP contribution in [0, 0.1) is 17.5 Å². The van der Waals surface area contributed by atoms with E-state index in [1.807, 2.05) is 38.2 Å². The van der Waals surface area contributed by atoms with Gasteiger partial charge in [0.2, 0.25) is 11.7 Å². The third-order valence-corrected chi connectivity index (χ3v) is 6.65. The lowest BCUT2D eigenvalue weighted by atomic mass is 10.1. The summed E-state index contributed by atoms with van der Waals surface area (Å²) in [6, 6.07) is 14.6. The van der Waals surface area contributed by atoms with Crippen LogP contribution in [0.5, 0.6) is 0 Å². The van der Waals surface area contributed by atoms with Crippen molar-refractivity contribution in [1.82, 2.24) is 34.3 Å². The van der Waals surface area contributed by atoms with E-state index >= 15 is 0 Å². The molecule has 0 saturated carbocycles. The van der Waals surface area contributed by atoms with Crippen LogP contribution in [0.4, 0.5) is 4.39 Å². The van der Waals surface area contributed by atoms with E-state index < -0.39 is 0 Å². The number of benzene rings is 2. The average Bonchev–Trinajstić information content (AvgIpc) is 3.41. The Labute approximate surface area is 202 Å². The average molecular weight is 480 g/mol. The maximum absolute atomic E-state index is 14.3. The Morgan fingerprint density at radius 1 is 0.971 bits per heavy atom. The van der Waals surface area contributed by atoms with Gasteiger partial charge in [0, 0.05) is 38.8 Å². The minimum atomic E-state index is -0.307. The molecule has 0 radical (unpaired) electrons. The molecule has 3 heterocycles. The SMILES string of the molecule is Cc1ccccc1-c1noc(CN2CCN(Cn3nc(-c4ccccc4F)n(C)c3=S)CC2)n1. The number of halogens is 1. The van der Waals surface area contributed by atoms with Crippen molar-refractivity contribution >= 4 is 12.2 Å². The van der Waals surface area contributed by atoms with Crippen LogP contribution in [-0.2, 0) is 20.3 Å². The van der Waals surface area contributed by atoms with Crippen molar-refractivity contribution in [2.45, 2.75) is 20.1 Å². The van der Waals surface area contributed by atoms with Crippen molar-refractivity contribution in [2.75, 3.05) is 26.2 Å². The second-order valence-electron chi connectivity index (χ2n) is 8.51. The number of hydrogen-bond donors (Lipinski definition) is 0. The highest BCUT2D eigenvalue weighted by atomic mass is 32.1. The monoisotopic (exact) mass is 479 g/mol. The third-order valence-electron chi connectivity index (χ3n) is 6.17. The molecule has 176 valence electrons. The topological polar surface area (TPSA) is 68.2 Å². The molecule has 1 fully saturated rings. The minimum absolute atomic E-state index is 0.307. The molecule has 0 atom stereocenters. The van der Waals surface area contributed by atoms with Crippen LogP contribution in [0.15, 0.2) is 53.1 Å². The van der Waals surface area contributed by atoms with E-state index in [9.17, 15) is 4.39 Å². The number of rotatable bonds is 6. The highest BCUT2D eigenvalue weighted by molar-refractivity contribution is 7.71. The quantitative estimate of drug-likeness (QED) is 0.389. The van der Waals surface area contributed by atoms with Crippen LogP contribution >= 0.6 is 12.2 Å². The molecule has 10 heteroatoms. The molecule has 1 saturated heterocycles. The van der Waals surface area contributed by atoms with Gasteiger partial charge in [0.05, 0.1) is 18.8 Å². The molecule has 0 unspecified atom stereocenters. The maximum Gasteiger partial charge on any atom is 0.241 e. The predicted molar refractivity (Wildman–Crippen MR) is 129 cm³/mol. The van der Waals surface area contributed by atoms with Gasteiger partial charge in [-0.1, -0.05) is 41.6 Å². The first kappa shape index (κ1) is 22.6. The summed E-state index contributed by atoms with van der Waals surface area (Å²) in [4.78, 5) is 9.18. The molecule has 1 aliphatic rings. The second kappa shape index (κ2) is 9.57. The zero-order valence-electron chi connectivity index (χ0n) is 19.2. The molecule has 0 amide bonds. The molecular weight excluding hydrogens is 453 g/mol. The molecule has 1 aliphatic heterocycles. The smallest absolute Gasteiger partial charge is 0.241 e. The van der Waals surface area contributed by atoms with E-state index in [-0.39, 0.29) is 5.82 Å². The van der Waals surface area contributed by atoms with Crippen molar-refractivity contribution in [3.05, 3.63) is 70.6 Å². The summed E-state index contributed by atoms with van der Waals surface area (Å²) in [6.45, 7) is 6.65. The highest BCUT2D eigenvalue weighted by Gasteiger charge is 2.21. The van der Waals surface area contributed by atoms with Crippen LogP contribution in [0.1, 0.15) is 11.5 Å². The summed E-state index contributed by atoms with van der Waals surface area (Å²) in [7, 11) is 1.82. The Kier molecular flexibility index (Phi) is 6.36. The van der Waals surface area contributed by atoms with Crippen LogP contribution in [0.25, 0.3) is 22.8 Å². The number of hydrogen-bond acceptors (Lipinski definition) is 7. The summed E-state index contributed by atoms with van der Waals surface area (Å²) in [5.74, 6) is 1.47. The lowest BCUT2D eigenvalue weighted by molar-refractivity contribution is 0.0908. The van der Waals surface area contributed by atoms with Gasteiger partial charge >= 0.3 is 0 Å². The molecule has 5 rings (SSSR count). The van der Waals surface area contributed by atoms with Crippen LogP contribution < -0.4 is 0 Å². The molecule has 4 aromatic rings. The van der Waals surface area contributed by atoms with Gasteiger partial charge in [0.1, 0.15) is 5.82 Å². The third kappa shape index (κ3) is 4.56. The first-order valence-electron chi connectivity index (χ1n) is 11.2. The van der Waals surface area contributed by atoms with Gasteiger partial charge < -0.3 is 9.09 Å². The molecule has 8 nitrogen and oxygen atoms in total. The number of aryl methyl sites for hydroxylation is 1. The van der Waals surface area contributed by atoms with Gasteiger partial charge in [-0.2, -0.15) is 10.1 Å². The lowest BCUT2D eigenvalue weighted by Crippen LogP contribution is -2.46. The maximum atomic E-state index is 14.3. The summed E-state index contributed by atoms with van der Waals surface area (Å²) >= 11 is 5.56. The van der Waals surface area contributed by atoms with Crippen molar-refractivity contribution in [2.24, 2.45) is 7.05 Å². The van der Waals surface area contributed by atoms with Gasteiger partial charge in [0.15, 0.2) is 10.6 Å². The zero-order chi connectivity index (χ0) is 23.7. The zero-order valence-corrected chi connectivity index (χ0v) is 20.0. The Morgan fingerprint density at radius 3 is 2.38 bits per heavy atom. The Hall–Kier alpha value is -3.21. The largest absolute Gasteiger partial charge is 0.338 e. The molecule has 0 N–H and O–H groups in total.